The third-order valence-corrected chi connectivity index (χ3v) is 1.85. The van der Waals surface area contributed by atoms with Gasteiger partial charge in [0.1, 0.15) is 0 Å². The van der Waals surface area contributed by atoms with Gasteiger partial charge in [-0.3, -0.25) is 4.98 Å². The average molecular weight is 193 g/mol. The molecule has 0 aliphatic rings. The molecule has 0 saturated carbocycles. The molecule has 0 aromatic carbocycles. The van der Waals surface area contributed by atoms with Gasteiger partial charge in [-0.15, -0.1) is 0 Å². The van der Waals surface area contributed by atoms with Crippen molar-refractivity contribution in [2.24, 2.45) is 0 Å². The monoisotopic (exact) mass is 193 g/mol. The molecule has 0 spiro atoms. The van der Waals surface area contributed by atoms with Crippen LogP contribution < -0.4 is 0 Å². The molecule has 0 radical (unpaired) electrons. The molecule has 1 aromatic heterocycles. The Kier molecular flexibility index (Phi) is 4.29. The van der Waals surface area contributed by atoms with Crippen LogP contribution in [0.2, 0.25) is 0 Å². The number of hydrogen-bond donors (Lipinski definition) is 1. The Morgan fingerprint density at radius 3 is 3.07 bits per heavy atom. The third kappa shape index (κ3) is 2.94. The van der Waals surface area contributed by atoms with Gasteiger partial charge in [-0.1, -0.05) is 6.58 Å². The smallest absolute Gasteiger partial charge is 0.0731 e. The van der Waals surface area contributed by atoms with Crippen LogP contribution in [0.5, 0.6) is 0 Å². The van der Waals surface area contributed by atoms with E-state index in [1.807, 2.05) is 13.0 Å². The van der Waals surface area contributed by atoms with Crippen LogP contribution in [0, 0.1) is 0 Å². The SMILES string of the molecule is C=C(COCC)c1cc(CO)ccn1. The maximum atomic E-state index is 8.93. The van der Waals surface area contributed by atoms with E-state index in [1.165, 1.54) is 0 Å². The Morgan fingerprint density at radius 2 is 2.43 bits per heavy atom. The van der Waals surface area contributed by atoms with Gasteiger partial charge in [0.15, 0.2) is 0 Å². The summed E-state index contributed by atoms with van der Waals surface area (Å²) in [5.74, 6) is 0. The van der Waals surface area contributed by atoms with Crippen molar-refractivity contribution in [2.45, 2.75) is 13.5 Å². The summed E-state index contributed by atoms with van der Waals surface area (Å²) < 4.78 is 5.22. The van der Waals surface area contributed by atoms with E-state index in [1.54, 1.807) is 12.3 Å². The molecule has 0 bridgehead atoms. The Balaban J connectivity index is 2.69. The van der Waals surface area contributed by atoms with Crippen LogP contribution in [0.3, 0.4) is 0 Å². The lowest BCUT2D eigenvalue weighted by molar-refractivity contribution is 0.182. The molecule has 3 nitrogen and oxygen atoms in total. The predicted molar refractivity (Wildman–Crippen MR) is 55.7 cm³/mol. The topological polar surface area (TPSA) is 42.4 Å². The summed E-state index contributed by atoms with van der Waals surface area (Å²) in [6, 6.07) is 3.60. The quantitative estimate of drug-likeness (QED) is 0.772. The number of rotatable bonds is 5. The van der Waals surface area contributed by atoms with Gasteiger partial charge < -0.3 is 9.84 Å². The van der Waals surface area contributed by atoms with Crippen molar-refractivity contribution in [1.82, 2.24) is 4.98 Å². The van der Waals surface area contributed by atoms with E-state index in [4.69, 9.17) is 9.84 Å². The summed E-state index contributed by atoms with van der Waals surface area (Å²) in [7, 11) is 0. The molecule has 0 aliphatic carbocycles. The number of ether oxygens (including phenoxy) is 1. The second-order valence-corrected chi connectivity index (χ2v) is 2.95. The molecule has 0 saturated heterocycles. The summed E-state index contributed by atoms with van der Waals surface area (Å²) in [5.41, 5.74) is 2.46. The van der Waals surface area contributed by atoms with Crippen molar-refractivity contribution < 1.29 is 9.84 Å². The maximum Gasteiger partial charge on any atom is 0.0731 e. The van der Waals surface area contributed by atoms with Crippen molar-refractivity contribution in [3.63, 3.8) is 0 Å². The molecule has 0 aliphatic heterocycles. The van der Waals surface area contributed by atoms with Crippen LogP contribution in [0.1, 0.15) is 18.2 Å². The zero-order chi connectivity index (χ0) is 10.4. The Bertz CT molecular complexity index is 310. The maximum absolute atomic E-state index is 8.93. The van der Waals surface area contributed by atoms with Gasteiger partial charge in [0.05, 0.1) is 18.9 Å². The molecular formula is C11H15NO2. The zero-order valence-corrected chi connectivity index (χ0v) is 8.36. The summed E-state index contributed by atoms with van der Waals surface area (Å²) >= 11 is 0. The summed E-state index contributed by atoms with van der Waals surface area (Å²) in [5, 5.41) is 8.93. The van der Waals surface area contributed by atoms with Crippen LogP contribution in [-0.4, -0.2) is 23.3 Å². The third-order valence-electron chi connectivity index (χ3n) is 1.85. The fraction of sp³-hybridized carbons (Fsp3) is 0.364. The highest BCUT2D eigenvalue weighted by molar-refractivity contribution is 5.61. The highest BCUT2D eigenvalue weighted by Gasteiger charge is 2.01. The Hall–Kier alpha value is -1.19. The van der Waals surface area contributed by atoms with Gasteiger partial charge in [0.2, 0.25) is 0 Å². The molecule has 14 heavy (non-hydrogen) atoms. The first-order chi connectivity index (χ1) is 6.77. The number of pyridine rings is 1. The fourth-order valence-corrected chi connectivity index (χ4v) is 1.07. The first-order valence-electron chi connectivity index (χ1n) is 4.59. The normalized spacial score (nSPS) is 10.1. The number of aliphatic hydroxyl groups excluding tert-OH is 1. The van der Waals surface area contributed by atoms with Crippen molar-refractivity contribution in [3.05, 3.63) is 36.2 Å². The van der Waals surface area contributed by atoms with Gasteiger partial charge in [-0.05, 0) is 30.2 Å². The van der Waals surface area contributed by atoms with E-state index in [0.29, 0.717) is 13.2 Å². The van der Waals surface area contributed by atoms with Crippen molar-refractivity contribution in [2.75, 3.05) is 13.2 Å². The highest BCUT2D eigenvalue weighted by Crippen LogP contribution is 2.11. The van der Waals surface area contributed by atoms with Crippen LogP contribution in [0.15, 0.2) is 24.9 Å². The van der Waals surface area contributed by atoms with E-state index in [-0.39, 0.29) is 6.61 Å². The van der Waals surface area contributed by atoms with Crippen LogP contribution in [0.25, 0.3) is 5.57 Å². The molecule has 0 fully saturated rings. The second kappa shape index (κ2) is 5.52. The second-order valence-electron chi connectivity index (χ2n) is 2.95. The van der Waals surface area contributed by atoms with Crippen LogP contribution in [0.4, 0.5) is 0 Å². The van der Waals surface area contributed by atoms with E-state index in [2.05, 4.69) is 11.6 Å². The largest absolute Gasteiger partial charge is 0.392 e. The first-order valence-corrected chi connectivity index (χ1v) is 4.59. The van der Waals surface area contributed by atoms with Crippen molar-refractivity contribution in [3.8, 4) is 0 Å². The first kappa shape index (κ1) is 10.9. The number of aromatic nitrogens is 1. The highest BCUT2D eigenvalue weighted by atomic mass is 16.5. The molecule has 76 valence electrons. The minimum absolute atomic E-state index is 0.0252. The minimum atomic E-state index is 0.0252. The minimum Gasteiger partial charge on any atom is -0.392 e. The molecule has 0 unspecified atom stereocenters. The summed E-state index contributed by atoms with van der Waals surface area (Å²) in [4.78, 5) is 4.15. The van der Waals surface area contributed by atoms with Crippen LogP contribution >= 0.6 is 0 Å². The lowest BCUT2D eigenvalue weighted by Crippen LogP contribution is -1.99. The van der Waals surface area contributed by atoms with Crippen LogP contribution in [-0.2, 0) is 11.3 Å². The molecule has 0 atom stereocenters. The number of aliphatic hydroxyl groups is 1. The Labute approximate surface area is 84.1 Å². The summed E-state index contributed by atoms with van der Waals surface area (Å²) in [6.45, 7) is 6.98. The molecular weight excluding hydrogens is 178 g/mol. The Morgan fingerprint density at radius 1 is 1.64 bits per heavy atom. The van der Waals surface area contributed by atoms with Gasteiger partial charge >= 0.3 is 0 Å². The predicted octanol–water partition coefficient (Wildman–Crippen LogP) is 1.62. The fourth-order valence-electron chi connectivity index (χ4n) is 1.07. The molecule has 1 N–H and O–H groups in total. The van der Waals surface area contributed by atoms with Gasteiger partial charge in [-0.25, -0.2) is 0 Å². The van der Waals surface area contributed by atoms with E-state index >= 15 is 0 Å². The molecule has 1 rings (SSSR count). The molecule has 3 heteroatoms. The van der Waals surface area contributed by atoms with Gasteiger partial charge in [0, 0.05) is 12.8 Å². The standard InChI is InChI=1S/C11H15NO2/c1-3-14-8-9(2)11-6-10(7-13)4-5-12-11/h4-6,13H,2-3,7-8H2,1H3. The van der Waals surface area contributed by atoms with Gasteiger partial charge in [0.25, 0.3) is 0 Å². The van der Waals surface area contributed by atoms with Crippen molar-refractivity contribution in [1.29, 1.82) is 0 Å². The lowest BCUT2D eigenvalue weighted by atomic mass is 10.1. The molecule has 1 aromatic rings. The van der Waals surface area contributed by atoms with Gasteiger partial charge in [-0.2, -0.15) is 0 Å². The van der Waals surface area contributed by atoms with Crippen molar-refractivity contribution >= 4 is 5.57 Å². The average Bonchev–Trinajstić information content (AvgIpc) is 2.26. The molecule has 0 amide bonds. The number of nitrogens with zero attached hydrogens (tertiary/aromatic N) is 1. The lowest BCUT2D eigenvalue weighted by Gasteiger charge is -2.05. The van der Waals surface area contributed by atoms with E-state index < -0.39 is 0 Å². The van der Waals surface area contributed by atoms with E-state index in [0.717, 1.165) is 16.8 Å². The zero-order valence-electron chi connectivity index (χ0n) is 8.36. The summed E-state index contributed by atoms with van der Waals surface area (Å²) in [6.07, 6.45) is 1.66. The van der Waals surface area contributed by atoms with E-state index in [9.17, 15) is 0 Å². The molecule has 1 heterocycles. The number of hydrogen-bond acceptors (Lipinski definition) is 3.